The van der Waals surface area contributed by atoms with Crippen LogP contribution in [0, 0.1) is 5.82 Å². The Labute approximate surface area is 124 Å². The third-order valence-electron chi connectivity index (χ3n) is 4.26. The quantitative estimate of drug-likeness (QED) is 0.624. The maximum Gasteiger partial charge on any atom is 0.123 e. The summed E-state index contributed by atoms with van der Waals surface area (Å²) in [5.41, 5.74) is 1.23. The molecule has 1 nitrogen and oxygen atoms in total. The lowest BCUT2D eigenvalue weighted by atomic mass is 9.75. The lowest BCUT2D eigenvalue weighted by molar-refractivity contribution is 0.318. The van der Waals surface area contributed by atoms with Crippen molar-refractivity contribution >= 4 is 0 Å². The fourth-order valence-electron chi connectivity index (χ4n) is 2.82. The summed E-state index contributed by atoms with van der Waals surface area (Å²) in [6.07, 6.45) is 6.33. The summed E-state index contributed by atoms with van der Waals surface area (Å²) < 4.78 is 13.1. The van der Waals surface area contributed by atoms with Gasteiger partial charge in [0.1, 0.15) is 5.82 Å². The number of halogens is 1. The smallest absolute Gasteiger partial charge is 0.123 e. The van der Waals surface area contributed by atoms with Crippen molar-refractivity contribution in [3.63, 3.8) is 0 Å². The molecule has 1 atom stereocenters. The summed E-state index contributed by atoms with van der Waals surface area (Å²) in [7, 11) is 0. The Kier molecular flexibility index (Phi) is 7.22. The highest BCUT2D eigenvalue weighted by molar-refractivity contribution is 5.26. The van der Waals surface area contributed by atoms with E-state index >= 15 is 0 Å². The molecule has 0 bridgehead atoms. The topological polar surface area (TPSA) is 12.0 Å². The predicted octanol–water partition coefficient (Wildman–Crippen LogP) is 5.05. The van der Waals surface area contributed by atoms with Gasteiger partial charge in [-0.05, 0) is 30.7 Å². The molecule has 1 unspecified atom stereocenters. The van der Waals surface area contributed by atoms with E-state index in [9.17, 15) is 4.39 Å². The van der Waals surface area contributed by atoms with Gasteiger partial charge in [0.2, 0.25) is 0 Å². The van der Waals surface area contributed by atoms with Gasteiger partial charge in [-0.1, -0.05) is 65.5 Å². The summed E-state index contributed by atoms with van der Waals surface area (Å²) in [6, 6.07) is 7.42. The minimum Gasteiger partial charge on any atom is -0.313 e. The number of hydrogen-bond donors (Lipinski definition) is 1. The van der Waals surface area contributed by atoms with Gasteiger partial charge in [0, 0.05) is 11.5 Å². The fraction of sp³-hybridized carbons (Fsp3) is 0.667. The van der Waals surface area contributed by atoms with Gasteiger partial charge in [-0.25, -0.2) is 4.39 Å². The van der Waals surface area contributed by atoms with Gasteiger partial charge in [0.25, 0.3) is 0 Å². The molecular formula is C18H30FN. The Morgan fingerprint density at radius 3 is 2.25 bits per heavy atom. The lowest BCUT2D eigenvalue weighted by Gasteiger charge is -2.36. The van der Waals surface area contributed by atoms with E-state index < -0.39 is 0 Å². The van der Waals surface area contributed by atoms with Gasteiger partial charge in [-0.15, -0.1) is 0 Å². The Bertz CT molecular complexity index is 370. The van der Waals surface area contributed by atoms with E-state index in [1.54, 1.807) is 12.1 Å². The molecule has 0 radical (unpaired) electrons. The van der Waals surface area contributed by atoms with Crippen molar-refractivity contribution in [1.82, 2.24) is 5.32 Å². The summed E-state index contributed by atoms with van der Waals surface area (Å²) in [5.74, 6) is -0.160. The van der Waals surface area contributed by atoms with Crippen molar-refractivity contribution in [3.05, 3.63) is 35.6 Å². The highest BCUT2D eigenvalue weighted by Gasteiger charge is 2.30. The van der Waals surface area contributed by atoms with Crippen LogP contribution in [0.3, 0.4) is 0 Å². The third kappa shape index (κ3) is 4.90. The first-order valence-electron chi connectivity index (χ1n) is 8.01. The number of hydrogen-bond acceptors (Lipinski definition) is 1. The van der Waals surface area contributed by atoms with Gasteiger partial charge in [0.15, 0.2) is 0 Å². The van der Waals surface area contributed by atoms with E-state index in [0.29, 0.717) is 6.04 Å². The molecule has 0 aliphatic heterocycles. The van der Waals surface area contributed by atoms with Gasteiger partial charge >= 0.3 is 0 Å². The minimum absolute atomic E-state index is 0.0237. The summed E-state index contributed by atoms with van der Waals surface area (Å²) in [6.45, 7) is 9.88. The molecule has 0 saturated carbocycles. The molecule has 0 amide bonds. The van der Waals surface area contributed by atoms with E-state index in [-0.39, 0.29) is 11.2 Å². The largest absolute Gasteiger partial charge is 0.313 e. The molecule has 2 heteroatoms. The van der Waals surface area contributed by atoms with Crippen molar-refractivity contribution < 1.29 is 4.39 Å². The van der Waals surface area contributed by atoms with Crippen molar-refractivity contribution in [3.8, 4) is 0 Å². The van der Waals surface area contributed by atoms with Crippen LogP contribution in [-0.2, 0) is 5.41 Å². The zero-order valence-electron chi connectivity index (χ0n) is 13.5. The van der Waals surface area contributed by atoms with Crippen molar-refractivity contribution in [2.24, 2.45) is 0 Å². The molecule has 0 saturated heterocycles. The average molecular weight is 279 g/mol. The van der Waals surface area contributed by atoms with Crippen LogP contribution in [-0.4, -0.2) is 12.6 Å². The van der Waals surface area contributed by atoms with Crippen LogP contribution in [0.25, 0.3) is 0 Å². The maximum absolute atomic E-state index is 13.1. The molecule has 0 aliphatic carbocycles. The lowest BCUT2D eigenvalue weighted by Crippen LogP contribution is -2.44. The highest BCUT2D eigenvalue weighted by atomic mass is 19.1. The first-order chi connectivity index (χ1) is 9.52. The fourth-order valence-corrected chi connectivity index (χ4v) is 2.82. The van der Waals surface area contributed by atoms with Crippen LogP contribution in [0.5, 0.6) is 0 Å². The van der Waals surface area contributed by atoms with E-state index in [1.165, 1.54) is 37.7 Å². The van der Waals surface area contributed by atoms with Gasteiger partial charge in [0.05, 0.1) is 0 Å². The number of unbranched alkanes of at least 4 members (excludes halogenated alkanes) is 3. The molecular weight excluding hydrogens is 249 g/mol. The van der Waals surface area contributed by atoms with Crippen molar-refractivity contribution in [2.75, 3.05) is 6.54 Å². The Balaban J connectivity index is 2.73. The molecule has 0 fully saturated rings. The minimum atomic E-state index is -0.160. The number of benzene rings is 1. The van der Waals surface area contributed by atoms with Crippen LogP contribution >= 0.6 is 0 Å². The second-order valence-electron chi connectivity index (χ2n) is 6.19. The second-order valence-corrected chi connectivity index (χ2v) is 6.19. The molecule has 114 valence electrons. The first-order valence-corrected chi connectivity index (χ1v) is 8.01. The maximum atomic E-state index is 13.1. The predicted molar refractivity (Wildman–Crippen MR) is 85.6 cm³/mol. The zero-order chi connectivity index (χ0) is 15.0. The normalized spacial score (nSPS) is 13.4. The summed E-state index contributed by atoms with van der Waals surface area (Å²) >= 11 is 0. The molecule has 0 aliphatic rings. The molecule has 1 rings (SSSR count). The SMILES string of the molecule is CCCCCCC(NCC)C(C)(C)c1ccc(F)cc1. The number of nitrogens with one attached hydrogen (secondary N) is 1. The molecule has 0 aromatic heterocycles. The van der Waals surface area contributed by atoms with E-state index in [2.05, 4.69) is 33.0 Å². The van der Waals surface area contributed by atoms with Gasteiger partial charge in [-0.3, -0.25) is 0 Å². The Morgan fingerprint density at radius 2 is 1.70 bits per heavy atom. The zero-order valence-corrected chi connectivity index (χ0v) is 13.5. The second kappa shape index (κ2) is 8.41. The molecule has 1 aromatic rings. The molecule has 0 spiro atoms. The first kappa shape index (κ1) is 17.2. The van der Waals surface area contributed by atoms with E-state index in [0.717, 1.165) is 6.54 Å². The number of rotatable bonds is 9. The standard InChI is InChI=1S/C18H30FN/c1-5-7-8-9-10-17(20-6-2)18(3,4)15-11-13-16(19)14-12-15/h11-14,17,20H,5-10H2,1-4H3. The monoisotopic (exact) mass is 279 g/mol. The molecule has 0 heterocycles. The van der Waals surface area contributed by atoms with Crippen LogP contribution in [0.15, 0.2) is 24.3 Å². The Hall–Kier alpha value is -0.890. The summed E-state index contributed by atoms with van der Waals surface area (Å²) in [5, 5.41) is 3.62. The van der Waals surface area contributed by atoms with Crippen molar-refractivity contribution in [1.29, 1.82) is 0 Å². The van der Waals surface area contributed by atoms with Crippen molar-refractivity contribution in [2.45, 2.75) is 71.3 Å². The molecule has 1 N–H and O–H groups in total. The average Bonchev–Trinajstić information content (AvgIpc) is 2.42. The van der Waals surface area contributed by atoms with Gasteiger partial charge < -0.3 is 5.32 Å². The molecule has 1 aromatic carbocycles. The molecule has 20 heavy (non-hydrogen) atoms. The Morgan fingerprint density at radius 1 is 1.05 bits per heavy atom. The third-order valence-corrected chi connectivity index (χ3v) is 4.26. The van der Waals surface area contributed by atoms with Crippen LogP contribution in [0.4, 0.5) is 4.39 Å². The van der Waals surface area contributed by atoms with E-state index in [1.807, 2.05) is 12.1 Å². The number of likely N-dealkylation sites (N-methyl/N-ethyl adjacent to an activating group) is 1. The van der Waals surface area contributed by atoms with Crippen LogP contribution in [0.1, 0.15) is 65.4 Å². The van der Waals surface area contributed by atoms with E-state index in [4.69, 9.17) is 0 Å². The van der Waals surface area contributed by atoms with Crippen LogP contribution < -0.4 is 5.32 Å². The van der Waals surface area contributed by atoms with Crippen LogP contribution in [0.2, 0.25) is 0 Å². The highest BCUT2D eigenvalue weighted by Crippen LogP contribution is 2.30. The van der Waals surface area contributed by atoms with Gasteiger partial charge in [-0.2, -0.15) is 0 Å². The summed E-state index contributed by atoms with van der Waals surface area (Å²) in [4.78, 5) is 0.